The minimum Gasteiger partial charge on any atom is -0.493 e. The number of ether oxygens (including phenoxy) is 3. The van der Waals surface area contributed by atoms with Crippen molar-refractivity contribution in [1.82, 2.24) is 15.1 Å². The smallest absolute Gasteiger partial charge is 0.271 e. The van der Waals surface area contributed by atoms with Gasteiger partial charge in [-0.2, -0.15) is 5.10 Å². The molecule has 1 unspecified atom stereocenters. The van der Waals surface area contributed by atoms with E-state index in [1.807, 2.05) is 26.0 Å². The lowest BCUT2D eigenvalue weighted by Crippen LogP contribution is -2.26. The summed E-state index contributed by atoms with van der Waals surface area (Å²) in [4.78, 5) is 12.7. The van der Waals surface area contributed by atoms with Crippen molar-refractivity contribution < 1.29 is 27.4 Å². The summed E-state index contributed by atoms with van der Waals surface area (Å²) in [6, 6.07) is 5.22. The monoisotopic (exact) mass is 465 g/mol. The van der Waals surface area contributed by atoms with Crippen LogP contribution in [0.3, 0.4) is 0 Å². The van der Waals surface area contributed by atoms with Crippen LogP contribution in [0.5, 0.6) is 17.2 Å². The molecule has 1 aromatic heterocycles. The molecule has 2 heterocycles. The predicted octanol–water partition coefficient (Wildman–Crippen LogP) is 2.36. The van der Waals surface area contributed by atoms with E-state index in [1.165, 1.54) is 0 Å². The van der Waals surface area contributed by atoms with Crippen LogP contribution < -0.4 is 19.5 Å². The van der Waals surface area contributed by atoms with Crippen LogP contribution in [0, 0.1) is 0 Å². The third kappa shape index (κ3) is 5.17. The maximum absolute atomic E-state index is 12.7. The van der Waals surface area contributed by atoms with Crippen LogP contribution in [0.15, 0.2) is 18.2 Å². The number of rotatable bonds is 9. The van der Waals surface area contributed by atoms with E-state index in [1.54, 1.807) is 32.1 Å². The van der Waals surface area contributed by atoms with Gasteiger partial charge in [-0.3, -0.25) is 9.48 Å². The molecule has 0 saturated carbocycles. The number of carbonyl (C=O) groups is 1. The van der Waals surface area contributed by atoms with Gasteiger partial charge in [-0.1, -0.05) is 13.8 Å². The fourth-order valence-electron chi connectivity index (χ4n) is 3.90. The van der Waals surface area contributed by atoms with Gasteiger partial charge in [0.15, 0.2) is 21.3 Å². The van der Waals surface area contributed by atoms with Gasteiger partial charge in [0, 0.05) is 12.2 Å². The molecule has 1 amide bonds. The summed E-state index contributed by atoms with van der Waals surface area (Å²) >= 11 is 0. The molecule has 1 aliphatic rings. The lowest BCUT2D eigenvalue weighted by atomic mass is 10.1. The molecule has 1 N–H and O–H groups in total. The topological polar surface area (TPSA) is 109 Å². The molecule has 1 fully saturated rings. The van der Waals surface area contributed by atoms with Gasteiger partial charge in [-0.05, 0) is 42.5 Å². The first-order chi connectivity index (χ1) is 15.2. The molecule has 9 nitrogen and oxygen atoms in total. The van der Waals surface area contributed by atoms with Gasteiger partial charge in [0.25, 0.3) is 5.91 Å². The first-order valence-electron chi connectivity index (χ1n) is 10.6. The highest BCUT2D eigenvalue weighted by Crippen LogP contribution is 2.38. The average Bonchev–Trinajstić information content (AvgIpc) is 3.36. The van der Waals surface area contributed by atoms with Gasteiger partial charge in [0.2, 0.25) is 5.75 Å². The van der Waals surface area contributed by atoms with Crippen LogP contribution in [0.4, 0.5) is 0 Å². The number of amides is 1. The van der Waals surface area contributed by atoms with Gasteiger partial charge in [-0.25, -0.2) is 8.42 Å². The molecule has 1 aromatic carbocycles. The quantitative estimate of drug-likeness (QED) is 0.605. The molecule has 1 aliphatic heterocycles. The molecule has 32 heavy (non-hydrogen) atoms. The third-order valence-electron chi connectivity index (χ3n) is 5.57. The van der Waals surface area contributed by atoms with Crippen LogP contribution in [0.2, 0.25) is 0 Å². The Bertz CT molecular complexity index is 1050. The molecule has 10 heteroatoms. The molecule has 176 valence electrons. The number of benzene rings is 1. The SMILES string of the molecule is COc1cc(CCNC(=O)c2cc(C(C)C)n(C3CCS(=O)(=O)C3)n2)cc(OC)c1OC. The zero-order chi connectivity index (χ0) is 23.5. The van der Waals surface area contributed by atoms with Crippen molar-refractivity contribution in [2.45, 2.75) is 38.6 Å². The first-order valence-corrected chi connectivity index (χ1v) is 12.4. The fourth-order valence-corrected chi connectivity index (χ4v) is 5.59. The molecule has 0 bridgehead atoms. The second-order valence-corrected chi connectivity index (χ2v) is 10.4. The van der Waals surface area contributed by atoms with Gasteiger partial charge >= 0.3 is 0 Å². The molecule has 0 spiro atoms. The summed E-state index contributed by atoms with van der Waals surface area (Å²) < 4.78 is 41.6. The number of carbonyl (C=O) groups excluding carboxylic acids is 1. The summed E-state index contributed by atoms with van der Waals surface area (Å²) in [6.07, 6.45) is 1.08. The van der Waals surface area contributed by atoms with Crippen LogP contribution in [0.1, 0.15) is 54.0 Å². The normalized spacial score (nSPS) is 17.4. The van der Waals surface area contributed by atoms with Gasteiger partial charge < -0.3 is 19.5 Å². The molecule has 1 saturated heterocycles. The maximum Gasteiger partial charge on any atom is 0.271 e. The molecular weight excluding hydrogens is 434 g/mol. The zero-order valence-electron chi connectivity index (χ0n) is 19.2. The number of aromatic nitrogens is 2. The number of hydrogen-bond acceptors (Lipinski definition) is 7. The molecular formula is C22H31N3O6S. The van der Waals surface area contributed by atoms with Crippen molar-refractivity contribution in [3.8, 4) is 17.2 Å². The number of sulfone groups is 1. The Labute approximate surface area is 189 Å². The van der Waals surface area contributed by atoms with Crippen molar-refractivity contribution in [1.29, 1.82) is 0 Å². The number of methoxy groups -OCH3 is 3. The Morgan fingerprint density at radius 3 is 2.31 bits per heavy atom. The second kappa shape index (κ2) is 9.81. The first kappa shape index (κ1) is 23.9. The standard InChI is InChI=1S/C22H31N3O6S/c1-14(2)18-12-17(24-25(18)16-7-9-32(27,28)13-16)22(26)23-8-6-15-10-19(29-3)21(31-5)20(11-15)30-4/h10-12,14,16H,6-9,13H2,1-5H3,(H,23,26). The largest absolute Gasteiger partial charge is 0.493 e. The van der Waals surface area contributed by atoms with Gasteiger partial charge in [0.1, 0.15) is 5.69 Å². The van der Waals surface area contributed by atoms with Crippen molar-refractivity contribution in [3.05, 3.63) is 35.2 Å². The minimum atomic E-state index is -3.05. The predicted molar refractivity (Wildman–Crippen MR) is 121 cm³/mol. The van der Waals surface area contributed by atoms with Crippen molar-refractivity contribution in [2.24, 2.45) is 0 Å². The Kier molecular flexibility index (Phi) is 7.33. The summed E-state index contributed by atoms with van der Waals surface area (Å²) in [5.41, 5.74) is 2.08. The van der Waals surface area contributed by atoms with Crippen LogP contribution >= 0.6 is 0 Å². The highest BCUT2D eigenvalue weighted by Gasteiger charge is 2.32. The Hall–Kier alpha value is -2.75. The zero-order valence-corrected chi connectivity index (χ0v) is 20.0. The average molecular weight is 466 g/mol. The lowest BCUT2D eigenvalue weighted by molar-refractivity contribution is 0.0948. The van der Waals surface area contributed by atoms with Crippen molar-refractivity contribution in [3.63, 3.8) is 0 Å². The summed E-state index contributed by atoms with van der Waals surface area (Å²) in [7, 11) is 1.61. The van der Waals surface area contributed by atoms with E-state index in [-0.39, 0.29) is 29.4 Å². The van der Waals surface area contributed by atoms with E-state index in [0.29, 0.717) is 42.3 Å². The third-order valence-corrected chi connectivity index (χ3v) is 7.32. The van der Waals surface area contributed by atoms with Crippen molar-refractivity contribution >= 4 is 15.7 Å². The number of nitrogens with zero attached hydrogens (tertiary/aromatic N) is 2. The molecule has 0 aliphatic carbocycles. The highest BCUT2D eigenvalue weighted by atomic mass is 32.2. The van der Waals surface area contributed by atoms with Crippen LogP contribution in [-0.2, 0) is 16.3 Å². The summed E-state index contributed by atoms with van der Waals surface area (Å²) in [5, 5.41) is 7.36. The minimum absolute atomic E-state index is 0.0661. The summed E-state index contributed by atoms with van der Waals surface area (Å²) in [6.45, 7) is 4.39. The number of nitrogens with one attached hydrogen (secondary N) is 1. The second-order valence-electron chi connectivity index (χ2n) is 8.15. The lowest BCUT2D eigenvalue weighted by Gasteiger charge is -2.15. The van der Waals surface area contributed by atoms with Gasteiger partial charge in [-0.15, -0.1) is 0 Å². The van der Waals surface area contributed by atoms with E-state index >= 15 is 0 Å². The summed E-state index contributed by atoms with van der Waals surface area (Å²) in [5.74, 6) is 1.68. The highest BCUT2D eigenvalue weighted by molar-refractivity contribution is 7.91. The van der Waals surface area contributed by atoms with E-state index in [2.05, 4.69) is 10.4 Å². The Balaban J connectivity index is 1.70. The van der Waals surface area contributed by atoms with Crippen LogP contribution in [-0.4, -0.2) is 63.5 Å². The fraction of sp³-hybridized carbons (Fsp3) is 0.545. The molecule has 2 aromatic rings. The maximum atomic E-state index is 12.7. The van der Waals surface area contributed by atoms with Crippen LogP contribution in [0.25, 0.3) is 0 Å². The molecule has 0 radical (unpaired) electrons. The van der Waals surface area contributed by atoms with E-state index < -0.39 is 9.84 Å². The van der Waals surface area contributed by atoms with E-state index in [0.717, 1.165) is 11.3 Å². The Morgan fingerprint density at radius 1 is 1.16 bits per heavy atom. The van der Waals surface area contributed by atoms with E-state index in [4.69, 9.17) is 14.2 Å². The van der Waals surface area contributed by atoms with E-state index in [9.17, 15) is 13.2 Å². The Morgan fingerprint density at radius 2 is 1.81 bits per heavy atom. The number of hydrogen-bond donors (Lipinski definition) is 1. The molecule has 3 rings (SSSR count). The van der Waals surface area contributed by atoms with Crippen molar-refractivity contribution in [2.75, 3.05) is 39.4 Å². The van der Waals surface area contributed by atoms with Gasteiger partial charge in [0.05, 0.1) is 38.9 Å². The molecule has 1 atom stereocenters.